The zero-order valence-electron chi connectivity index (χ0n) is 5.41. The third kappa shape index (κ3) is 5.22. The van der Waals surface area contributed by atoms with Crippen molar-refractivity contribution in [3.8, 4) is 0 Å². The van der Waals surface area contributed by atoms with Gasteiger partial charge in [-0.05, 0) is 0 Å². The molecule has 0 saturated carbocycles. The van der Waals surface area contributed by atoms with Crippen LogP contribution in [0.2, 0.25) is 0 Å². The zero-order valence-corrected chi connectivity index (χ0v) is 10.4. The Morgan fingerprint density at radius 3 is 1.64 bits per heavy atom. The van der Waals surface area contributed by atoms with Gasteiger partial charge in [-0.15, -0.1) is 24.8 Å². The summed E-state index contributed by atoms with van der Waals surface area (Å²) in [5.74, 6) is 0. The predicted molar refractivity (Wildman–Crippen MR) is 58.0 cm³/mol. The second-order valence-corrected chi connectivity index (χ2v) is 8.04. The van der Waals surface area contributed by atoms with E-state index in [2.05, 4.69) is 0 Å². The first-order valence-corrected chi connectivity index (χ1v) is 8.34. The summed E-state index contributed by atoms with van der Waals surface area (Å²) in [6, 6.07) is 9.76. The van der Waals surface area contributed by atoms with Gasteiger partial charge in [0.2, 0.25) is 0 Å². The monoisotopic (exact) mass is 294 g/mol. The predicted octanol–water partition coefficient (Wildman–Crippen LogP) is 2.70. The van der Waals surface area contributed by atoms with E-state index in [4.69, 9.17) is 19.9 Å². The third-order valence-corrected chi connectivity index (χ3v) is 4.42. The van der Waals surface area contributed by atoms with Crippen molar-refractivity contribution in [1.29, 1.82) is 0 Å². The van der Waals surface area contributed by atoms with Crippen LogP contribution in [0.1, 0.15) is 0 Å². The van der Waals surface area contributed by atoms with Crippen molar-refractivity contribution in [2.24, 2.45) is 0 Å². The summed E-state index contributed by atoms with van der Waals surface area (Å²) in [7, 11) is 11.4. The van der Waals surface area contributed by atoms with E-state index in [1.165, 1.54) is 0 Å². The zero-order chi connectivity index (χ0) is 6.69. The molecule has 0 spiro atoms. The Kier molecular flexibility index (Phi) is 9.97. The van der Waals surface area contributed by atoms with Crippen molar-refractivity contribution in [3.63, 3.8) is 0 Å². The van der Waals surface area contributed by atoms with Crippen molar-refractivity contribution >= 4 is 61.8 Å². The number of benzene rings is 1. The Morgan fingerprint density at radius 2 is 1.36 bits per heavy atom. The molecule has 1 aromatic carbocycles. The van der Waals surface area contributed by atoms with Gasteiger partial charge in [0.25, 0.3) is 0 Å². The van der Waals surface area contributed by atoms with Crippen LogP contribution in [0, 0.1) is 0 Å². The van der Waals surface area contributed by atoms with Crippen molar-refractivity contribution in [1.82, 2.24) is 0 Å². The molecule has 0 radical (unpaired) electrons. The third-order valence-electron chi connectivity index (χ3n) is 0.951. The molecule has 0 aliphatic carbocycles. The Labute approximate surface area is 91.7 Å². The molecule has 0 fully saturated rings. The Morgan fingerprint density at radius 1 is 0.909 bits per heavy atom. The first kappa shape index (κ1) is 14.5. The van der Waals surface area contributed by atoms with Crippen molar-refractivity contribution < 1.29 is 0 Å². The van der Waals surface area contributed by atoms with Crippen LogP contribution in [-0.4, -0.2) is 12.8 Å². The minimum atomic E-state index is -1.64. The van der Waals surface area contributed by atoms with Crippen LogP contribution >= 0.6 is 44.7 Å². The average molecular weight is 296 g/mol. The summed E-state index contributed by atoms with van der Waals surface area (Å²) in [5, 5.41) is 0. The maximum atomic E-state index is 5.71. The van der Waals surface area contributed by atoms with Crippen LogP contribution in [-0.2, 0) is 0 Å². The van der Waals surface area contributed by atoms with Gasteiger partial charge in [-0.2, -0.15) is 0 Å². The topological polar surface area (TPSA) is 0 Å². The summed E-state index contributed by atoms with van der Waals surface area (Å²) in [6.07, 6.45) is 0. The molecule has 0 aromatic heterocycles. The molecule has 5 heteroatoms. The van der Waals surface area contributed by atoms with Gasteiger partial charge in [0.15, 0.2) is 0 Å². The quantitative estimate of drug-likeness (QED) is 0.699. The van der Waals surface area contributed by atoms with Crippen molar-refractivity contribution in [3.05, 3.63) is 30.3 Å². The van der Waals surface area contributed by atoms with Gasteiger partial charge < -0.3 is 0 Å². The summed E-state index contributed by atoms with van der Waals surface area (Å²) in [5.41, 5.74) is 0. The molecule has 64 valence electrons. The Bertz CT molecular complexity index is 177. The van der Waals surface area contributed by atoms with Gasteiger partial charge in [-0.1, -0.05) is 0 Å². The minimum absolute atomic E-state index is 0. The fraction of sp³-hybridized carbons (Fsp3) is 0. The van der Waals surface area contributed by atoms with E-state index in [0.29, 0.717) is 0 Å². The number of hydrogen-bond donors (Lipinski definition) is 0. The number of rotatable bonds is 1. The normalized spacial score (nSPS) is 8.27. The van der Waals surface area contributed by atoms with Crippen LogP contribution in [0.25, 0.3) is 0 Å². The van der Waals surface area contributed by atoms with Crippen molar-refractivity contribution in [2.45, 2.75) is 0 Å². The fourth-order valence-corrected chi connectivity index (χ4v) is 2.55. The molecule has 0 aliphatic rings. The standard InChI is InChI=1S/C6H5AsCl2.2ClH/c8-7(9)6-4-2-1-3-5-6;;/h1-5H;2*1H. The molecule has 1 rings (SSSR count). The van der Waals surface area contributed by atoms with Gasteiger partial charge in [-0.3, -0.25) is 0 Å². The van der Waals surface area contributed by atoms with E-state index in [0.717, 1.165) is 4.35 Å². The van der Waals surface area contributed by atoms with Crippen LogP contribution in [0.15, 0.2) is 30.3 Å². The second-order valence-electron chi connectivity index (χ2n) is 1.57. The Balaban J connectivity index is 0. The molecule has 0 unspecified atom stereocenters. The summed E-state index contributed by atoms with van der Waals surface area (Å²) in [6.45, 7) is 0. The van der Waals surface area contributed by atoms with E-state index in [-0.39, 0.29) is 24.8 Å². The molecular formula is C6H7AsCl4. The molecule has 0 aliphatic heterocycles. The molecule has 0 atom stereocenters. The van der Waals surface area contributed by atoms with E-state index < -0.39 is 12.8 Å². The summed E-state index contributed by atoms with van der Waals surface area (Å²) < 4.78 is 1.09. The van der Waals surface area contributed by atoms with E-state index in [1.807, 2.05) is 30.3 Å². The number of halogens is 4. The second kappa shape index (κ2) is 7.58. The average Bonchev–Trinajstić information content (AvgIpc) is 1.90. The fourth-order valence-electron chi connectivity index (χ4n) is 0.541. The number of hydrogen-bond acceptors (Lipinski definition) is 0. The molecule has 0 amide bonds. The molecule has 11 heavy (non-hydrogen) atoms. The molecule has 0 saturated heterocycles. The maximum absolute atomic E-state index is 5.71. The van der Waals surface area contributed by atoms with E-state index in [9.17, 15) is 0 Å². The van der Waals surface area contributed by atoms with Crippen molar-refractivity contribution in [2.75, 3.05) is 0 Å². The van der Waals surface area contributed by atoms with Gasteiger partial charge in [0.1, 0.15) is 0 Å². The van der Waals surface area contributed by atoms with Gasteiger partial charge >= 0.3 is 67.4 Å². The van der Waals surface area contributed by atoms with Crippen LogP contribution in [0.3, 0.4) is 0 Å². The molecule has 0 N–H and O–H groups in total. The molecule has 1 aromatic rings. The molecule has 0 nitrogen and oxygen atoms in total. The van der Waals surface area contributed by atoms with Gasteiger partial charge in [0, 0.05) is 0 Å². The van der Waals surface area contributed by atoms with Crippen LogP contribution in [0.4, 0.5) is 0 Å². The Hall–Kier alpha value is 0.938. The SMILES string of the molecule is Cl.Cl.Cl[As](Cl)c1ccccc1. The van der Waals surface area contributed by atoms with Crippen LogP contribution in [0.5, 0.6) is 0 Å². The molecular weight excluding hydrogens is 289 g/mol. The molecule has 0 bridgehead atoms. The molecule has 0 heterocycles. The summed E-state index contributed by atoms with van der Waals surface area (Å²) in [4.78, 5) is 0. The summed E-state index contributed by atoms with van der Waals surface area (Å²) >= 11 is -1.64. The van der Waals surface area contributed by atoms with E-state index in [1.54, 1.807) is 0 Å². The van der Waals surface area contributed by atoms with Gasteiger partial charge in [0.05, 0.1) is 0 Å². The first-order valence-electron chi connectivity index (χ1n) is 2.47. The van der Waals surface area contributed by atoms with Gasteiger partial charge in [-0.25, -0.2) is 0 Å². The van der Waals surface area contributed by atoms with Crippen LogP contribution < -0.4 is 4.35 Å². The van der Waals surface area contributed by atoms with E-state index >= 15 is 0 Å². The first-order chi connectivity index (χ1) is 4.30.